The van der Waals surface area contributed by atoms with Crippen molar-refractivity contribution in [3.8, 4) is 0 Å². The lowest BCUT2D eigenvalue weighted by molar-refractivity contribution is -0.383. The molecule has 0 saturated carbocycles. The highest BCUT2D eigenvalue weighted by Crippen LogP contribution is 2.33. The van der Waals surface area contributed by atoms with Gasteiger partial charge in [-0.25, -0.2) is 0 Å². The Morgan fingerprint density at radius 3 is 2.75 bits per heavy atom. The number of benzene rings is 1. The Hall–Kier alpha value is -2.90. The van der Waals surface area contributed by atoms with Gasteiger partial charge in [-0.3, -0.25) is 10.1 Å². The van der Waals surface area contributed by atoms with E-state index in [1.54, 1.807) is 0 Å². The van der Waals surface area contributed by atoms with Crippen molar-refractivity contribution in [1.82, 2.24) is 9.97 Å². The molecule has 1 aromatic carbocycles. The monoisotopic (exact) mass is 328 g/mol. The number of hydrogen-bond donors (Lipinski definition) is 2. The van der Waals surface area contributed by atoms with Gasteiger partial charge in [-0.1, -0.05) is 25.1 Å². The fourth-order valence-corrected chi connectivity index (χ4v) is 2.90. The minimum atomic E-state index is -0.552. The predicted molar refractivity (Wildman–Crippen MR) is 93.4 cm³/mol. The number of hydrogen-bond acceptors (Lipinski definition) is 7. The van der Waals surface area contributed by atoms with Gasteiger partial charge in [-0.15, -0.1) is 0 Å². The quantitative estimate of drug-likeness (QED) is 0.655. The number of rotatable bonds is 4. The van der Waals surface area contributed by atoms with Gasteiger partial charge in [-0.2, -0.15) is 9.97 Å². The van der Waals surface area contributed by atoms with E-state index >= 15 is 0 Å². The Morgan fingerprint density at radius 2 is 2.08 bits per heavy atom. The molecule has 24 heavy (non-hydrogen) atoms. The molecule has 0 bridgehead atoms. The van der Waals surface area contributed by atoms with Crippen LogP contribution in [0.4, 0.5) is 29.0 Å². The van der Waals surface area contributed by atoms with Crippen LogP contribution >= 0.6 is 0 Å². The van der Waals surface area contributed by atoms with E-state index in [1.807, 2.05) is 35.2 Å². The predicted octanol–water partition coefficient (Wildman–Crippen LogP) is 2.95. The number of nitro groups is 1. The molecule has 0 spiro atoms. The molecule has 0 unspecified atom stereocenters. The summed E-state index contributed by atoms with van der Waals surface area (Å²) >= 11 is 0. The first kappa shape index (κ1) is 16.0. The van der Waals surface area contributed by atoms with Crippen LogP contribution < -0.4 is 16.0 Å². The molecule has 8 nitrogen and oxygen atoms in total. The topological polar surface area (TPSA) is 110 Å². The molecule has 1 aliphatic heterocycles. The largest absolute Gasteiger partial charge is 0.378 e. The molecule has 126 valence electrons. The fourth-order valence-electron chi connectivity index (χ4n) is 2.90. The number of nitrogens with zero attached hydrogens (tertiary/aromatic N) is 4. The standard InChI is InChI=1S/C16H20N6O2/c1-11-6-5-9-21(10-11)16-19-14(17)13(22(23)24)15(20-16)18-12-7-3-2-4-8-12/h2-4,7-8,11H,5-6,9-10H2,1H3,(H3,17,18,19,20)/t11-/m0/s1. The second-order valence-corrected chi connectivity index (χ2v) is 6.05. The van der Waals surface area contributed by atoms with Crippen molar-refractivity contribution < 1.29 is 4.92 Å². The van der Waals surface area contributed by atoms with Gasteiger partial charge in [0.1, 0.15) is 0 Å². The molecule has 1 aromatic heterocycles. The van der Waals surface area contributed by atoms with Gasteiger partial charge in [-0.05, 0) is 30.9 Å². The third-order valence-corrected chi connectivity index (χ3v) is 4.06. The van der Waals surface area contributed by atoms with Crippen LogP contribution in [0.5, 0.6) is 0 Å². The second-order valence-electron chi connectivity index (χ2n) is 6.05. The van der Waals surface area contributed by atoms with E-state index in [0.29, 0.717) is 17.6 Å². The highest BCUT2D eigenvalue weighted by Gasteiger charge is 2.26. The molecule has 2 heterocycles. The van der Waals surface area contributed by atoms with Crippen LogP contribution in [0, 0.1) is 16.0 Å². The van der Waals surface area contributed by atoms with Gasteiger partial charge < -0.3 is 16.0 Å². The van der Waals surface area contributed by atoms with Gasteiger partial charge >= 0.3 is 5.69 Å². The van der Waals surface area contributed by atoms with E-state index in [4.69, 9.17) is 5.73 Å². The lowest BCUT2D eigenvalue weighted by atomic mass is 10.0. The maximum atomic E-state index is 11.4. The van der Waals surface area contributed by atoms with Crippen LogP contribution in [0.3, 0.4) is 0 Å². The van der Waals surface area contributed by atoms with Gasteiger partial charge in [0.25, 0.3) is 0 Å². The summed E-state index contributed by atoms with van der Waals surface area (Å²) in [4.78, 5) is 21.4. The average Bonchev–Trinajstić information content (AvgIpc) is 2.55. The van der Waals surface area contributed by atoms with Crippen LogP contribution in [-0.2, 0) is 0 Å². The van der Waals surface area contributed by atoms with Crippen molar-refractivity contribution in [3.63, 3.8) is 0 Å². The minimum absolute atomic E-state index is 0.118. The van der Waals surface area contributed by atoms with Gasteiger partial charge in [0.2, 0.25) is 17.6 Å². The molecule has 1 atom stereocenters. The van der Waals surface area contributed by atoms with E-state index < -0.39 is 4.92 Å². The first-order chi connectivity index (χ1) is 11.5. The van der Waals surface area contributed by atoms with E-state index in [0.717, 1.165) is 25.9 Å². The summed E-state index contributed by atoms with van der Waals surface area (Å²) in [6, 6.07) is 9.17. The first-order valence-corrected chi connectivity index (χ1v) is 7.93. The van der Waals surface area contributed by atoms with Crippen molar-refractivity contribution in [2.24, 2.45) is 5.92 Å². The van der Waals surface area contributed by atoms with Gasteiger partial charge in [0, 0.05) is 18.8 Å². The number of aromatic nitrogens is 2. The fraction of sp³-hybridized carbons (Fsp3) is 0.375. The highest BCUT2D eigenvalue weighted by atomic mass is 16.6. The molecular formula is C16H20N6O2. The molecule has 3 N–H and O–H groups in total. The van der Waals surface area contributed by atoms with E-state index in [1.165, 1.54) is 0 Å². The van der Waals surface area contributed by atoms with E-state index in [9.17, 15) is 10.1 Å². The van der Waals surface area contributed by atoms with E-state index in [-0.39, 0.29) is 17.3 Å². The summed E-state index contributed by atoms with van der Waals surface area (Å²) in [5.74, 6) is 0.959. The van der Waals surface area contributed by atoms with E-state index in [2.05, 4.69) is 22.2 Å². The number of nitrogens with two attached hydrogens (primary N) is 1. The third kappa shape index (κ3) is 3.37. The Morgan fingerprint density at radius 1 is 1.33 bits per heavy atom. The number of piperidine rings is 1. The molecule has 1 saturated heterocycles. The van der Waals surface area contributed by atoms with Crippen molar-refractivity contribution in [2.75, 3.05) is 29.0 Å². The van der Waals surface area contributed by atoms with Crippen LogP contribution in [0.1, 0.15) is 19.8 Å². The maximum absolute atomic E-state index is 11.4. The average molecular weight is 328 g/mol. The second kappa shape index (κ2) is 6.69. The molecule has 0 aliphatic carbocycles. The molecule has 1 fully saturated rings. The summed E-state index contributed by atoms with van der Waals surface area (Å²) in [5, 5.41) is 14.4. The molecular weight excluding hydrogens is 308 g/mol. The maximum Gasteiger partial charge on any atom is 0.353 e. The van der Waals surface area contributed by atoms with Gasteiger partial charge in [0.15, 0.2) is 0 Å². The first-order valence-electron chi connectivity index (χ1n) is 7.93. The number of para-hydroxylation sites is 1. The minimum Gasteiger partial charge on any atom is -0.378 e. The Balaban J connectivity index is 1.99. The molecule has 0 amide bonds. The number of anilines is 4. The Kier molecular flexibility index (Phi) is 4.45. The van der Waals surface area contributed by atoms with Crippen molar-refractivity contribution in [2.45, 2.75) is 19.8 Å². The SMILES string of the molecule is C[C@H]1CCCN(c2nc(N)c([N+](=O)[O-])c(Nc3ccccc3)n2)C1. The summed E-state index contributed by atoms with van der Waals surface area (Å²) in [6.45, 7) is 3.82. The third-order valence-electron chi connectivity index (χ3n) is 4.06. The Bertz CT molecular complexity index is 737. The zero-order valence-electron chi connectivity index (χ0n) is 13.5. The zero-order valence-corrected chi connectivity index (χ0v) is 13.5. The smallest absolute Gasteiger partial charge is 0.353 e. The summed E-state index contributed by atoms with van der Waals surface area (Å²) < 4.78 is 0. The van der Waals surface area contributed by atoms with Crippen molar-refractivity contribution in [3.05, 3.63) is 40.4 Å². The van der Waals surface area contributed by atoms with Crippen LogP contribution in [0.25, 0.3) is 0 Å². The van der Waals surface area contributed by atoms with Crippen molar-refractivity contribution >= 4 is 29.0 Å². The summed E-state index contributed by atoms with van der Waals surface area (Å²) in [6.07, 6.45) is 2.21. The zero-order chi connectivity index (χ0) is 17.1. The highest BCUT2D eigenvalue weighted by molar-refractivity contribution is 5.74. The molecule has 2 aromatic rings. The van der Waals surface area contributed by atoms with Crippen LogP contribution in [0.15, 0.2) is 30.3 Å². The lowest BCUT2D eigenvalue weighted by Gasteiger charge is -2.31. The van der Waals surface area contributed by atoms with Crippen LogP contribution in [-0.4, -0.2) is 28.0 Å². The summed E-state index contributed by atoms with van der Waals surface area (Å²) in [7, 11) is 0. The number of nitrogens with one attached hydrogen (secondary N) is 1. The normalized spacial score (nSPS) is 17.5. The Labute approximate surface area is 139 Å². The molecule has 8 heteroatoms. The van der Waals surface area contributed by atoms with Gasteiger partial charge in [0.05, 0.1) is 4.92 Å². The molecule has 3 rings (SSSR count). The van der Waals surface area contributed by atoms with Crippen molar-refractivity contribution in [1.29, 1.82) is 0 Å². The molecule has 1 aliphatic rings. The van der Waals surface area contributed by atoms with Crippen LogP contribution in [0.2, 0.25) is 0 Å². The lowest BCUT2D eigenvalue weighted by Crippen LogP contribution is -2.35. The molecule has 0 radical (unpaired) electrons. The summed E-state index contributed by atoms with van der Waals surface area (Å²) in [5.41, 5.74) is 6.27. The number of nitrogen functional groups attached to an aromatic ring is 1.